The van der Waals surface area contributed by atoms with Crippen LogP contribution in [0.15, 0.2) is 0 Å². The number of aliphatic hydroxyl groups is 1. The van der Waals surface area contributed by atoms with E-state index in [9.17, 15) is 19.5 Å². The van der Waals surface area contributed by atoms with Crippen LogP contribution in [0.1, 0.15) is 239 Å². The Bertz CT molecular complexity index is 883. The van der Waals surface area contributed by atoms with E-state index in [0.717, 1.165) is 90.1 Å². The van der Waals surface area contributed by atoms with E-state index in [-0.39, 0.29) is 24.6 Å². The van der Waals surface area contributed by atoms with E-state index < -0.39 is 18.2 Å². The van der Waals surface area contributed by atoms with E-state index >= 15 is 0 Å². The second kappa shape index (κ2) is 37.9. The Morgan fingerprint density at radius 2 is 0.891 bits per heavy atom. The van der Waals surface area contributed by atoms with Crippen molar-refractivity contribution in [2.24, 2.45) is 0 Å². The molecule has 0 aromatic heterocycles. The summed E-state index contributed by atoms with van der Waals surface area (Å²) >= 11 is 0. The van der Waals surface area contributed by atoms with Crippen LogP contribution in [0.3, 0.4) is 0 Å². The van der Waals surface area contributed by atoms with Gasteiger partial charge >= 0.3 is 17.9 Å². The van der Waals surface area contributed by atoms with Crippen molar-refractivity contribution in [3.63, 3.8) is 0 Å². The third-order valence-electron chi connectivity index (χ3n) is 11.4. The molecule has 2 unspecified atom stereocenters. The predicted molar refractivity (Wildman–Crippen MR) is 227 cm³/mol. The van der Waals surface area contributed by atoms with Gasteiger partial charge in [-0.2, -0.15) is 0 Å². The number of hydrogen-bond acceptors (Lipinski definition) is 8. The molecule has 0 amide bonds. The van der Waals surface area contributed by atoms with Crippen molar-refractivity contribution >= 4 is 17.9 Å². The van der Waals surface area contributed by atoms with E-state index in [0.29, 0.717) is 25.8 Å². The van der Waals surface area contributed by atoms with Crippen molar-refractivity contribution in [1.82, 2.24) is 4.90 Å². The summed E-state index contributed by atoms with van der Waals surface area (Å²) < 4.78 is 17.0. The molecule has 0 bridgehead atoms. The molecule has 1 aliphatic heterocycles. The van der Waals surface area contributed by atoms with Crippen molar-refractivity contribution in [3.8, 4) is 0 Å². The molecule has 1 aliphatic rings. The molecular weight excluding hydrogens is 691 g/mol. The first-order valence-corrected chi connectivity index (χ1v) is 23.9. The maximum atomic E-state index is 12.7. The number of aliphatic hydroxyl groups excluding tert-OH is 1. The predicted octanol–water partition coefficient (Wildman–Crippen LogP) is 12.4. The molecule has 1 saturated heterocycles. The minimum absolute atomic E-state index is 0.0110. The van der Waals surface area contributed by atoms with E-state index in [1.54, 1.807) is 0 Å². The fourth-order valence-electron chi connectivity index (χ4n) is 7.79. The minimum atomic E-state index is -0.779. The molecule has 0 spiro atoms. The van der Waals surface area contributed by atoms with Crippen molar-refractivity contribution < 1.29 is 33.7 Å². The van der Waals surface area contributed by atoms with Crippen LogP contribution in [-0.2, 0) is 28.6 Å². The summed E-state index contributed by atoms with van der Waals surface area (Å²) in [6.07, 6.45) is 36.2. The highest BCUT2D eigenvalue weighted by atomic mass is 16.6. The molecule has 0 aromatic rings. The van der Waals surface area contributed by atoms with Crippen LogP contribution in [0.4, 0.5) is 0 Å². The second-order valence-corrected chi connectivity index (χ2v) is 16.6. The second-order valence-electron chi connectivity index (χ2n) is 16.6. The van der Waals surface area contributed by atoms with Gasteiger partial charge in [-0.05, 0) is 83.7 Å². The van der Waals surface area contributed by atoms with Crippen LogP contribution in [0.2, 0.25) is 0 Å². The van der Waals surface area contributed by atoms with Gasteiger partial charge in [0.1, 0.15) is 6.10 Å². The fraction of sp³-hybridized carbons (Fsp3) is 0.936. The number of esters is 3. The Kier molecular flexibility index (Phi) is 35.4. The highest BCUT2D eigenvalue weighted by molar-refractivity contribution is 5.87. The van der Waals surface area contributed by atoms with Gasteiger partial charge in [-0.25, -0.2) is 9.59 Å². The van der Waals surface area contributed by atoms with E-state index in [1.165, 1.54) is 122 Å². The molecule has 8 nitrogen and oxygen atoms in total. The molecule has 324 valence electrons. The normalized spacial score (nSPS) is 15.9. The molecule has 1 heterocycles. The van der Waals surface area contributed by atoms with Crippen molar-refractivity contribution in [2.75, 3.05) is 26.2 Å². The monoisotopic (exact) mass is 780 g/mol. The number of ether oxygens (including phenoxy) is 3. The molecule has 1 fully saturated rings. The van der Waals surface area contributed by atoms with Crippen LogP contribution < -0.4 is 0 Å². The average molecular weight is 780 g/mol. The van der Waals surface area contributed by atoms with Gasteiger partial charge in [-0.1, -0.05) is 162 Å². The fourth-order valence-corrected chi connectivity index (χ4v) is 7.79. The molecule has 1 rings (SSSR count). The summed E-state index contributed by atoms with van der Waals surface area (Å²) in [5, 5.41) is 9.60. The zero-order valence-electron chi connectivity index (χ0n) is 36.4. The van der Waals surface area contributed by atoms with Crippen LogP contribution in [0, 0.1) is 0 Å². The summed E-state index contributed by atoms with van der Waals surface area (Å²) in [5.41, 5.74) is 0. The first-order chi connectivity index (χ1) is 26.9. The zero-order valence-corrected chi connectivity index (χ0v) is 36.4. The lowest BCUT2D eigenvalue weighted by atomic mass is 10.0. The number of unbranched alkanes of at least 4 members (excludes halogenated alkanes) is 24. The van der Waals surface area contributed by atoms with Crippen LogP contribution in [0.5, 0.6) is 0 Å². The lowest BCUT2D eigenvalue weighted by Crippen LogP contribution is -2.44. The Hall–Kier alpha value is -1.67. The number of hydrogen-bond donors (Lipinski definition) is 1. The van der Waals surface area contributed by atoms with E-state index in [1.807, 2.05) is 0 Å². The molecule has 0 aliphatic carbocycles. The average Bonchev–Trinajstić information content (AvgIpc) is 3.17. The summed E-state index contributed by atoms with van der Waals surface area (Å²) in [7, 11) is 0. The lowest BCUT2D eigenvalue weighted by Gasteiger charge is -2.27. The first kappa shape index (κ1) is 51.3. The van der Waals surface area contributed by atoms with Crippen molar-refractivity contribution in [2.45, 2.75) is 257 Å². The van der Waals surface area contributed by atoms with E-state index in [4.69, 9.17) is 14.2 Å². The van der Waals surface area contributed by atoms with Crippen LogP contribution >= 0.6 is 0 Å². The minimum Gasteiger partial charge on any atom is -0.462 e. The number of cyclic esters (lactones) is 2. The number of carbonyl (C=O) groups excluding carboxylic acids is 3. The molecule has 0 saturated carbocycles. The van der Waals surface area contributed by atoms with Crippen LogP contribution in [0.25, 0.3) is 0 Å². The summed E-state index contributed by atoms with van der Waals surface area (Å²) in [6.45, 7) is 9.40. The van der Waals surface area contributed by atoms with Gasteiger partial charge in [0.25, 0.3) is 0 Å². The van der Waals surface area contributed by atoms with Crippen LogP contribution in [-0.4, -0.2) is 72.5 Å². The Labute approximate surface area is 339 Å². The summed E-state index contributed by atoms with van der Waals surface area (Å²) in [6, 6.07) is 0. The Morgan fingerprint density at radius 1 is 0.527 bits per heavy atom. The quantitative estimate of drug-likeness (QED) is 0.0372. The maximum absolute atomic E-state index is 12.7. The van der Waals surface area contributed by atoms with Gasteiger partial charge in [-0.15, -0.1) is 0 Å². The number of carbonyl (C=O) groups is 3. The molecule has 55 heavy (non-hydrogen) atoms. The molecule has 1 N–H and O–H groups in total. The van der Waals surface area contributed by atoms with Gasteiger partial charge in [0, 0.05) is 13.0 Å². The molecule has 0 radical (unpaired) electrons. The zero-order chi connectivity index (χ0) is 40.0. The Morgan fingerprint density at radius 3 is 1.33 bits per heavy atom. The summed E-state index contributed by atoms with van der Waals surface area (Å²) in [4.78, 5) is 40.1. The van der Waals surface area contributed by atoms with Crippen molar-refractivity contribution in [3.05, 3.63) is 0 Å². The third kappa shape index (κ3) is 30.1. The lowest BCUT2D eigenvalue weighted by molar-refractivity contribution is -0.196. The molecule has 2 atom stereocenters. The van der Waals surface area contributed by atoms with Gasteiger partial charge in [0.15, 0.2) is 12.2 Å². The van der Waals surface area contributed by atoms with Gasteiger partial charge in [-0.3, -0.25) is 4.79 Å². The van der Waals surface area contributed by atoms with Gasteiger partial charge in [0.2, 0.25) is 0 Å². The third-order valence-corrected chi connectivity index (χ3v) is 11.4. The number of rotatable bonds is 41. The first-order valence-electron chi connectivity index (χ1n) is 23.9. The topological polar surface area (TPSA) is 102 Å². The maximum Gasteiger partial charge on any atom is 0.348 e. The largest absolute Gasteiger partial charge is 0.462 e. The van der Waals surface area contributed by atoms with Gasteiger partial charge in [0.05, 0.1) is 6.61 Å². The SMILES string of the molecule is CCCCCCCCCCCC1OC(=O)C(CCCCCN(CCO)CCCCCCCC(=O)OC(CCCCCCCC)CCCCCCCC)OC1=O. The highest BCUT2D eigenvalue weighted by Gasteiger charge is 2.37. The standard InChI is InChI=1S/C47H89NO7/c1-4-7-10-13-16-17-18-22-28-35-43-46(51)55-44(47(52)54-43)36-29-25-32-39-48(40-41-49)38-31-24-19-23-30-37-45(50)53-42(33-26-20-14-11-8-5-2)34-27-21-15-12-9-6-3/h42-44,49H,4-41H2,1-3H3. The molecule has 8 heteroatoms. The number of nitrogens with zero attached hydrogens (tertiary/aromatic N) is 1. The smallest absolute Gasteiger partial charge is 0.348 e. The molecular formula is C47H89NO7. The highest BCUT2D eigenvalue weighted by Crippen LogP contribution is 2.22. The van der Waals surface area contributed by atoms with E-state index in [2.05, 4.69) is 25.7 Å². The Balaban J connectivity index is 2.17. The van der Waals surface area contributed by atoms with Crippen molar-refractivity contribution in [1.29, 1.82) is 0 Å². The van der Waals surface area contributed by atoms with Gasteiger partial charge < -0.3 is 24.2 Å². The molecule has 0 aromatic carbocycles. The summed E-state index contributed by atoms with van der Waals surface area (Å²) in [5.74, 6) is -0.789.